The summed E-state index contributed by atoms with van der Waals surface area (Å²) in [6.07, 6.45) is 5.39. The number of aromatic nitrogens is 3. The van der Waals surface area contributed by atoms with E-state index >= 15 is 0 Å². The van der Waals surface area contributed by atoms with Crippen molar-refractivity contribution in [2.24, 2.45) is 0 Å². The molecule has 3 heterocycles. The number of carbonyl (C=O) groups is 1. The number of fused-ring (bicyclic) bond motifs is 2. The second-order valence-electron chi connectivity index (χ2n) is 6.63. The van der Waals surface area contributed by atoms with Gasteiger partial charge in [-0.15, -0.1) is 0 Å². The summed E-state index contributed by atoms with van der Waals surface area (Å²) in [6, 6.07) is 3.72. The summed E-state index contributed by atoms with van der Waals surface area (Å²) in [5.74, 6) is 0.254. The Hall–Kier alpha value is -1.99. The Morgan fingerprint density at radius 2 is 2.29 bits per heavy atom. The summed E-state index contributed by atoms with van der Waals surface area (Å²) in [6.45, 7) is 0.679. The molecule has 1 amide bonds. The normalized spacial score (nSPS) is 29.8. The van der Waals surface area contributed by atoms with Crippen molar-refractivity contribution in [2.75, 3.05) is 20.8 Å². The number of hydrogen-bond donors (Lipinski definition) is 1. The van der Waals surface area contributed by atoms with Crippen molar-refractivity contribution in [3.05, 3.63) is 24.2 Å². The van der Waals surface area contributed by atoms with Crippen LogP contribution < -0.4 is 0 Å². The minimum atomic E-state index is -0.255. The van der Waals surface area contributed by atoms with Gasteiger partial charge in [-0.25, -0.2) is 9.97 Å². The van der Waals surface area contributed by atoms with E-state index < -0.39 is 0 Å². The van der Waals surface area contributed by atoms with Crippen molar-refractivity contribution in [1.82, 2.24) is 19.9 Å². The predicted molar refractivity (Wildman–Crippen MR) is 87.7 cm³/mol. The van der Waals surface area contributed by atoms with Crippen molar-refractivity contribution >= 4 is 17.1 Å². The fraction of sp³-hybridized carbons (Fsp3) is 0.588. The number of imidazole rings is 1. The van der Waals surface area contributed by atoms with Gasteiger partial charge in [-0.1, -0.05) is 0 Å². The van der Waals surface area contributed by atoms with Crippen LogP contribution in [0.3, 0.4) is 0 Å². The Labute approximate surface area is 140 Å². The van der Waals surface area contributed by atoms with Gasteiger partial charge in [0, 0.05) is 27.0 Å². The molecule has 0 bridgehead atoms. The minimum Gasteiger partial charge on any atom is -0.381 e. The summed E-state index contributed by atoms with van der Waals surface area (Å²) in [7, 11) is 3.48. The third kappa shape index (κ3) is 2.31. The molecule has 1 aliphatic heterocycles. The predicted octanol–water partition coefficient (Wildman–Crippen LogP) is 1.76. The second kappa shape index (κ2) is 5.82. The summed E-state index contributed by atoms with van der Waals surface area (Å²) in [5, 5.41) is 0. The van der Waals surface area contributed by atoms with Crippen molar-refractivity contribution in [3.63, 3.8) is 0 Å². The molecule has 1 aliphatic carbocycles. The monoisotopic (exact) mass is 330 g/mol. The van der Waals surface area contributed by atoms with Gasteiger partial charge in [0.05, 0.1) is 23.3 Å². The van der Waals surface area contributed by atoms with Gasteiger partial charge in [0.1, 0.15) is 0 Å². The van der Waals surface area contributed by atoms with Crippen LogP contribution in [0.25, 0.3) is 11.2 Å². The Kier molecular flexibility index (Phi) is 3.77. The van der Waals surface area contributed by atoms with Gasteiger partial charge < -0.3 is 19.4 Å². The van der Waals surface area contributed by atoms with Gasteiger partial charge in [0.15, 0.2) is 11.5 Å². The molecule has 2 fully saturated rings. The lowest BCUT2D eigenvalue weighted by atomic mass is 9.79. The lowest BCUT2D eigenvalue weighted by Crippen LogP contribution is -2.53. The molecule has 0 spiro atoms. The van der Waals surface area contributed by atoms with Crippen LogP contribution in [0, 0.1) is 0 Å². The standard InChI is InChI=1S/C17H22N4O3/c1-23-11-5-6-17(24-2)7-9-21(13(17)10-11)16(22)15-19-12-4-3-8-18-14(12)20-15/h3-4,8,11,13H,5-7,9-10H2,1-2H3,(H,18,19,20)/t11-,13-,17+/m0/s1. The minimum absolute atomic E-state index is 0.0230. The largest absolute Gasteiger partial charge is 0.381 e. The highest BCUT2D eigenvalue weighted by molar-refractivity contribution is 5.94. The first-order valence-electron chi connectivity index (χ1n) is 8.36. The van der Waals surface area contributed by atoms with Gasteiger partial charge in [-0.05, 0) is 37.8 Å². The molecule has 7 nitrogen and oxygen atoms in total. The van der Waals surface area contributed by atoms with Crippen LogP contribution in [-0.2, 0) is 9.47 Å². The van der Waals surface area contributed by atoms with Crippen molar-refractivity contribution in [3.8, 4) is 0 Å². The van der Waals surface area contributed by atoms with Gasteiger partial charge in [-0.3, -0.25) is 4.79 Å². The van der Waals surface area contributed by atoms with E-state index in [1.807, 2.05) is 17.0 Å². The maximum Gasteiger partial charge on any atom is 0.290 e. The number of H-pyrrole nitrogens is 1. The quantitative estimate of drug-likeness (QED) is 0.927. The molecule has 3 atom stereocenters. The SMILES string of the molecule is CO[C@H]1CC[C@@]2(OC)CCN(C(=O)c3nc4ncccc4[nH]3)[C@H]2C1. The number of carbonyl (C=O) groups excluding carboxylic acids is 1. The molecule has 7 heteroatoms. The van der Waals surface area contributed by atoms with Crippen molar-refractivity contribution in [2.45, 2.75) is 43.4 Å². The van der Waals surface area contributed by atoms with Crippen LogP contribution in [0.5, 0.6) is 0 Å². The van der Waals surface area contributed by atoms with E-state index in [1.54, 1.807) is 20.4 Å². The zero-order chi connectivity index (χ0) is 16.7. The number of likely N-dealkylation sites (tertiary alicyclic amines) is 1. The van der Waals surface area contributed by atoms with E-state index in [0.717, 1.165) is 31.2 Å². The zero-order valence-electron chi connectivity index (χ0n) is 14.0. The topological polar surface area (TPSA) is 80.3 Å². The van der Waals surface area contributed by atoms with E-state index in [0.29, 0.717) is 18.0 Å². The number of methoxy groups -OCH3 is 2. The van der Waals surface area contributed by atoms with E-state index in [2.05, 4.69) is 15.0 Å². The van der Waals surface area contributed by atoms with Crippen LogP contribution in [-0.4, -0.2) is 64.3 Å². The van der Waals surface area contributed by atoms with Crippen LogP contribution in [0.2, 0.25) is 0 Å². The molecule has 2 aliphatic rings. The highest BCUT2D eigenvalue weighted by atomic mass is 16.5. The average molecular weight is 330 g/mol. The summed E-state index contributed by atoms with van der Waals surface area (Å²) in [5.41, 5.74) is 1.09. The molecule has 4 rings (SSSR count). The summed E-state index contributed by atoms with van der Waals surface area (Å²) >= 11 is 0. The highest BCUT2D eigenvalue weighted by Crippen LogP contribution is 2.43. The Balaban J connectivity index is 1.64. The maximum atomic E-state index is 13.0. The van der Waals surface area contributed by atoms with Gasteiger partial charge >= 0.3 is 0 Å². The fourth-order valence-corrected chi connectivity index (χ4v) is 4.20. The molecule has 0 unspecified atom stereocenters. The number of pyridine rings is 1. The molecular formula is C17H22N4O3. The number of hydrogen-bond acceptors (Lipinski definition) is 5. The molecular weight excluding hydrogens is 308 g/mol. The Bertz CT molecular complexity index is 728. The molecule has 24 heavy (non-hydrogen) atoms. The van der Waals surface area contributed by atoms with E-state index in [9.17, 15) is 4.79 Å². The lowest BCUT2D eigenvalue weighted by molar-refractivity contribution is -0.0894. The number of ether oxygens (including phenoxy) is 2. The number of nitrogens with one attached hydrogen (secondary N) is 1. The van der Waals surface area contributed by atoms with Gasteiger partial charge in [0.2, 0.25) is 0 Å². The fourth-order valence-electron chi connectivity index (χ4n) is 4.20. The maximum absolute atomic E-state index is 13.0. The van der Waals surface area contributed by atoms with Crippen LogP contribution in [0.1, 0.15) is 36.3 Å². The van der Waals surface area contributed by atoms with E-state index in [-0.39, 0.29) is 23.7 Å². The third-order valence-corrected chi connectivity index (χ3v) is 5.60. The smallest absolute Gasteiger partial charge is 0.290 e. The Morgan fingerprint density at radius 1 is 1.42 bits per heavy atom. The van der Waals surface area contributed by atoms with E-state index in [1.165, 1.54) is 0 Å². The molecule has 2 aromatic heterocycles. The molecule has 2 aromatic rings. The van der Waals surface area contributed by atoms with Crippen LogP contribution >= 0.6 is 0 Å². The first-order valence-corrected chi connectivity index (χ1v) is 8.36. The van der Waals surface area contributed by atoms with Crippen LogP contribution in [0.15, 0.2) is 18.3 Å². The number of amides is 1. The van der Waals surface area contributed by atoms with Crippen molar-refractivity contribution in [1.29, 1.82) is 0 Å². The van der Waals surface area contributed by atoms with Crippen molar-refractivity contribution < 1.29 is 14.3 Å². The second-order valence-corrected chi connectivity index (χ2v) is 6.63. The molecule has 0 radical (unpaired) electrons. The molecule has 0 aromatic carbocycles. The third-order valence-electron chi connectivity index (χ3n) is 5.60. The molecule has 1 N–H and O–H groups in total. The first kappa shape index (κ1) is 15.5. The number of rotatable bonds is 3. The zero-order valence-corrected chi connectivity index (χ0v) is 14.0. The number of aromatic amines is 1. The summed E-state index contributed by atoms with van der Waals surface area (Å²) < 4.78 is 11.4. The molecule has 1 saturated carbocycles. The van der Waals surface area contributed by atoms with Gasteiger partial charge in [-0.2, -0.15) is 0 Å². The summed E-state index contributed by atoms with van der Waals surface area (Å²) in [4.78, 5) is 26.6. The average Bonchev–Trinajstić information content (AvgIpc) is 3.22. The van der Waals surface area contributed by atoms with Gasteiger partial charge in [0.25, 0.3) is 5.91 Å². The molecule has 128 valence electrons. The molecule has 1 saturated heterocycles. The number of nitrogens with zero attached hydrogens (tertiary/aromatic N) is 3. The van der Waals surface area contributed by atoms with E-state index in [4.69, 9.17) is 9.47 Å². The lowest BCUT2D eigenvalue weighted by Gasteiger charge is -2.43. The highest BCUT2D eigenvalue weighted by Gasteiger charge is 2.53. The Morgan fingerprint density at radius 3 is 3.04 bits per heavy atom. The van der Waals surface area contributed by atoms with Crippen LogP contribution in [0.4, 0.5) is 0 Å². The first-order chi connectivity index (χ1) is 11.7.